The molecule has 0 spiro atoms. The standard InChI is InChI=1S/C20H20O3/c1-20(2,3)16-9-10-17-15(16)11-14(13-7-5-4-6-8-13)18(23-17)12-19(21)22/h4-11H,12H2,1-3H3,(H,21,22). The number of fused-ring (bicyclic) bond motifs is 1. The summed E-state index contributed by atoms with van der Waals surface area (Å²) in [5, 5.41) is 9.18. The van der Waals surface area contributed by atoms with Crippen LogP contribution in [0.25, 0.3) is 22.5 Å². The van der Waals surface area contributed by atoms with Gasteiger partial charge in [-0.15, -0.1) is 0 Å². The van der Waals surface area contributed by atoms with Crippen LogP contribution in [0.2, 0.25) is 0 Å². The second kappa shape index (κ2) is 5.58. The minimum Gasteiger partial charge on any atom is -0.481 e. The Balaban J connectivity index is 2.25. The van der Waals surface area contributed by atoms with E-state index < -0.39 is 5.97 Å². The first-order valence-corrected chi connectivity index (χ1v) is 7.69. The minimum atomic E-state index is -0.895. The van der Waals surface area contributed by atoms with Crippen molar-refractivity contribution in [2.45, 2.75) is 32.6 Å². The highest BCUT2D eigenvalue weighted by atomic mass is 16.4. The number of aliphatic carboxylic acids is 1. The van der Waals surface area contributed by atoms with E-state index in [9.17, 15) is 9.90 Å². The quantitative estimate of drug-likeness (QED) is 0.742. The van der Waals surface area contributed by atoms with Gasteiger partial charge in [-0.2, -0.15) is 0 Å². The largest absolute Gasteiger partial charge is 0.481 e. The molecule has 0 radical (unpaired) electrons. The second-order valence-corrected chi connectivity index (χ2v) is 6.79. The molecule has 1 heterocycles. The molecule has 0 saturated heterocycles. The van der Waals surface area contributed by atoms with Crippen molar-refractivity contribution in [3.8, 4) is 22.5 Å². The lowest BCUT2D eigenvalue weighted by Gasteiger charge is -2.20. The van der Waals surface area contributed by atoms with Crippen LogP contribution in [0.15, 0.2) is 52.9 Å². The smallest absolute Gasteiger partial charge is 0.311 e. The molecule has 3 heteroatoms. The van der Waals surface area contributed by atoms with Gasteiger partial charge in [0.1, 0.15) is 17.9 Å². The summed E-state index contributed by atoms with van der Waals surface area (Å²) in [6, 6.07) is 15.8. The van der Waals surface area contributed by atoms with Gasteiger partial charge in [-0.25, -0.2) is 0 Å². The molecule has 0 aromatic heterocycles. The summed E-state index contributed by atoms with van der Waals surface area (Å²) in [7, 11) is 0. The lowest BCUT2D eigenvalue weighted by molar-refractivity contribution is -0.136. The molecule has 0 amide bonds. The predicted octanol–water partition coefficient (Wildman–Crippen LogP) is 4.98. The lowest BCUT2D eigenvalue weighted by atomic mass is 9.85. The van der Waals surface area contributed by atoms with Crippen LogP contribution in [-0.2, 0) is 16.6 Å². The highest BCUT2D eigenvalue weighted by molar-refractivity contribution is 5.80. The fraction of sp³-hybridized carbons (Fsp3) is 0.250. The fourth-order valence-corrected chi connectivity index (χ4v) is 2.91. The molecule has 1 aliphatic carbocycles. The topological polar surface area (TPSA) is 50.4 Å². The summed E-state index contributed by atoms with van der Waals surface area (Å²) in [6.07, 6.45) is -0.129. The van der Waals surface area contributed by atoms with E-state index in [-0.39, 0.29) is 11.8 Å². The van der Waals surface area contributed by atoms with Crippen LogP contribution < -0.4 is 0 Å². The highest BCUT2D eigenvalue weighted by Gasteiger charge is 2.25. The maximum atomic E-state index is 11.2. The van der Waals surface area contributed by atoms with E-state index in [0.717, 1.165) is 22.5 Å². The fourth-order valence-electron chi connectivity index (χ4n) is 2.91. The van der Waals surface area contributed by atoms with E-state index in [2.05, 4.69) is 32.9 Å². The highest BCUT2D eigenvalue weighted by Crippen LogP contribution is 2.40. The molecule has 1 aliphatic heterocycles. The van der Waals surface area contributed by atoms with Crippen molar-refractivity contribution in [1.29, 1.82) is 0 Å². The van der Waals surface area contributed by atoms with Gasteiger partial charge in [0.15, 0.2) is 0 Å². The van der Waals surface area contributed by atoms with Crippen LogP contribution in [0, 0.1) is 0 Å². The van der Waals surface area contributed by atoms with E-state index >= 15 is 0 Å². The van der Waals surface area contributed by atoms with Gasteiger partial charge in [-0.1, -0.05) is 57.2 Å². The summed E-state index contributed by atoms with van der Waals surface area (Å²) < 4.78 is 5.95. The molecular formula is C20H20O3. The van der Waals surface area contributed by atoms with Gasteiger partial charge in [0.2, 0.25) is 0 Å². The first kappa shape index (κ1) is 15.3. The first-order chi connectivity index (χ1) is 10.9. The van der Waals surface area contributed by atoms with Crippen LogP contribution in [0.4, 0.5) is 0 Å². The predicted molar refractivity (Wildman–Crippen MR) is 90.8 cm³/mol. The summed E-state index contributed by atoms with van der Waals surface area (Å²) in [4.78, 5) is 11.2. The summed E-state index contributed by atoms with van der Waals surface area (Å²) in [5.74, 6) is 0.334. The van der Waals surface area contributed by atoms with Gasteiger partial charge < -0.3 is 9.52 Å². The molecule has 0 bridgehead atoms. The van der Waals surface area contributed by atoms with Crippen LogP contribution in [0.5, 0.6) is 0 Å². The third kappa shape index (κ3) is 3.00. The van der Waals surface area contributed by atoms with Crippen molar-refractivity contribution >= 4 is 5.97 Å². The van der Waals surface area contributed by atoms with Crippen LogP contribution in [-0.4, -0.2) is 11.1 Å². The zero-order valence-electron chi connectivity index (χ0n) is 13.6. The SMILES string of the molecule is CC(C)(C)c1ccc2oc(CC(=O)O)c(-c3ccccc3)cc1-2. The Labute approximate surface area is 135 Å². The molecule has 0 atom stereocenters. The van der Waals surface area contributed by atoms with Crippen LogP contribution in [0.1, 0.15) is 32.1 Å². The average molecular weight is 308 g/mol. The number of carbonyl (C=O) groups is 1. The third-order valence-electron chi connectivity index (χ3n) is 3.98. The molecule has 2 aliphatic rings. The maximum absolute atomic E-state index is 11.2. The van der Waals surface area contributed by atoms with E-state index in [1.807, 2.05) is 36.4 Å². The number of hydrogen-bond acceptors (Lipinski definition) is 2. The number of carboxylic acids is 1. The number of benzene rings is 1. The first-order valence-electron chi connectivity index (χ1n) is 7.69. The molecule has 3 rings (SSSR count). The van der Waals surface area contributed by atoms with Gasteiger partial charge in [0.05, 0.1) is 0 Å². The van der Waals surface area contributed by atoms with Gasteiger partial charge in [-0.3, -0.25) is 4.79 Å². The lowest BCUT2D eigenvalue weighted by Crippen LogP contribution is -2.11. The minimum absolute atomic E-state index is 0.000454. The number of hydrogen-bond donors (Lipinski definition) is 1. The number of carboxylic acid groups (broad SMARTS) is 1. The van der Waals surface area contributed by atoms with E-state index in [1.54, 1.807) is 0 Å². The molecule has 3 nitrogen and oxygen atoms in total. The van der Waals surface area contributed by atoms with Crippen molar-refractivity contribution < 1.29 is 14.3 Å². The maximum Gasteiger partial charge on any atom is 0.311 e. The van der Waals surface area contributed by atoms with Crippen LogP contribution >= 0.6 is 0 Å². The second-order valence-electron chi connectivity index (χ2n) is 6.79. The Bertz CT molecular complexity index is 807. The Kier molecular flexibility index (Phi) is 3.72. The molecule has 0 unspecified atom stereocenters. The molecule has 23 heavy (non-hydrogen) atoms. The van der Waals surface area contributed by atoms with E-state index in [1.165, 1.54) is 5.56 Å². The Morgan fingerprint density at radius 3 is 2.35 bits per heavy atom. The summed E-state index contributed by atoms with van der Waals surface area (Å²) >= 11 is 0. The summed E-state index contributed by atoms with van der Waals surface area (Å²) in [6.45, 7) is 6.49. The third-order valence-corrected chi connectivity index (χ3v) is 3.98. The zero-order valence-corrected chi connectivity index (χ0v) is 13.6. The van der Waals surface area contributed by atoms with Gasteiger partial charge in [0.25, 0.3) is 0 Å². The Morgan fingerprint density at radius 2 is 1.74 bits per heavy atom. The Hall–Kier alpha value is -2.55. The van der Waals surface area contributed by atoms with Gasteiger partial charge >= 0.3 is 5.97 Å². The van der Waals surface area contributed by atoms with Crippen molar-refractivity contribution in [2.24, 2.45) is 0 Å². The summed E-state index contributed by atoms with van der Waals surface area (Å²) in [5.41, 5.74) is 4.06. The molecule has 0 saturated carbocycles. The molecule has 1 aromatic rings. The normalized spacial score (nSPS) is 11.8. The molecule has 0 fully saturated rings. The van der Waals surface area contributed by atoms with Crippen molar-refractivity contribution in [2.75, 3.05) is 0 Å². The molecular weight excluding hydrogens is 288 g/mol. The average Bonchev–Trinajstić information content (AvgIpc) is 2.89. The van der Waals surface area contributed by atoms with E-state index in [0.29, 0.717) is 5.76 Å². The van der Waals surface area contributed by atoms with Gasteiger partial charge in [-0.05, 0) is 28.7 Å². The monoisotopic (exact) mass is 308 g/mol. The zero-order chi connectivity index (χ0) is 16.6. The van der Waals surface area contributed by atoms with Crippen LogP contribution in [0.3, 0.4) is 0 Å². The van der Waals surface area contributed by atoms with Crippen molar-refractivity contribution in [3.05, 3.63) is 59.9 Å². The molecule has 1 N–H and O–H groups in total. The molecule has 118 valence electrons. The van der Waals surface area contributed by atoms with Gasteiger partial charge in [0, 0.05) is 11.1 Å². The Morgan fingerprint density at radius 1 is 1.04 bits per heavy atom. The van der Waals surface area contributed by atoms with Crippen molar-refractivity contribution in [3.63, 3.8) is 0 Å². The van der Waals surface area contributed by atoms with Crippen molar-refractivity contribution in [1.82, 2.24) is 0 Å². The number of rotatable bonds is 3. The molecule has 1 aromatic carbocycles. The van der Waals surface area contributed by atoms with E-state index in [4.69, 9.17) is 4.42 Å².